The van der Waals surface area contributed by atoms with Gasteiger partial charge >= 0.3 is 120 Å². The molecule has 0 amide bonds. The van der Waals surface area contributed by atoms with Crippen LogP contribution in [-0.4, -0.2) is 75.1 Å². The Morgan fingerprint density at radius 3 is 1.62 bits per heavy atom. The number of ether oxygens (including phenoxy) is 3. The van der Waals surface area contributed by atoms with E-state index >= 15 is 0 Å². The first kappa shape index (κ1) is 43.0. The van der Waals surface area contributed by atoms with Crippen molar-refractivity contribution >= 4 is 62.2 Å². The molecule has 2 N–H and O–H groups in total. The van der Waals surface area contributed by atoms with Crippen LogP contribution < -0.4 is 9.47 Å². The minimum atomic E-state index is -2.24. The Bertz CT molecular complexity index is 1710. The van der Waals surface area contributed by atoms with E-state index in [1.165, 1.54) is 69.6 Å². The van der Waals surface area contributed by atoms with Crippen LogP contribution in [-0.2, 0) is 4.74 Å². The Morgan fingerprint density at radius 1 is 0.760 bits per heavy atom. The molecule has 12 heteroatoms. The molecule has 0 bridgehead atoms. The maximum absolute atomic E-state index is 11.6. The zero-order valence-electron chi connectivity index (χ0n) is 31.3. The largest absolute Gasteiger partial charge is 0.505 e. The number of halogens is 1. The van der Waals surface area contributed by atoms with Gasteiger partial charge in [0, 0.05) is 12.1 Å². The van der Waals surface area contributed by atoms with Gasteiger partial charge in [-0.05, 0) is 48.8 Å². The van der Waals surface area contributed by atoms with Gasteiger partial charge < -0.3 is 19.7 Å². The quantitative estimate of drug-likeness (QED) is 0.0675. The molecule has 0 aliphatic heterocycles. The van der Waals surface area contributed by atoms with Crippen LogP contribution in [0.25, 0.3) is 22.1 Å². The van der Waals surface area contributed by atoms with E-state index in [1.54, 1.807) is 45.2 Å². The molecule has 4 heterocycles. The molecule has 0 aromatic carbocycles. The molecule has 4 aromatic heterocycles. The zero-order chi connectivity index (χ0) is 37.4. The number of fused-ring (bicyclic) bond motifs is 2. The van der Waals surface area contributed by atoms with Gasteiger partial charge in [0.2, 0.25) is 11.8 Å². The third kappa shape index (κ3) is 11.4. The molecule has 0 saturated carbocycles. The average Bonchev–Trinajstić information content (AvgIpc) is 3.11. The monoisotopic (exact) mass is 862 g/mol. The van der Waals surface area contributed by atoms with Crippen LogP contribution in [0.5, 0.6) is 23.3 Å². The fourth-order valence-electron chi connectivity index (χ4n) is 5.65. The fourth-order valence-corrected chi connectivity index (χ4v) is 20.9. The molecule has 0 fully saturated rings. The molecule has 0 saturated heterocycles. The van der Waals surface area contributed by atoms with Gasteiger partial charge in [0.25, 0.3) is 0 Å². The average molecular weight is 862 g/mol. The van der Waals surface area contributed by atoms with Crippen molar-refractivity contribution in [1.29, 1.82) is 0 Å². The van der Waals surface area contributed by atoms with Crippen molar-refractivity contribution in [3.8, 4) is 23.3 Å². The second-order valence-corrected chi connectivity index (χ2v) is 26.2. The van der Waals surface area contributed by atoms with Crippen LogP contribution in [0.1, 0.15) is 94.9 Å². The number of hydrogen-bond donors (Lipinski definition) is 2. The second-order valence-electron chi connectivity index (χ2n) is 12.2. The van der Waals surface area contributed by atoms with Gasteiger partial charge in [0.05, 0.1) is 46.7 Å². The van der Waals surface area contributed by atoms with Gasteiger partial charge in [-0.15, -0.1) is 0 Å². The van der Waals surface area contributed by atoms with E-state index < -0.39 is 18.4 Å². The molecule has 274 valence electrons. The molecule has 10 nitrogen and oxygen atoms in total. The Hall–Kier alpha value is -3.19. The predicted molar refractivity (Wildman–Crippen MR) is 208 cm³/mol. The number of aromatic nitrogens is 4. The van der Waals surface area contributed by atoms with E-state index in [0.29, 0.717) is 44.2 Å². The van der Waals surface area contributed by atoms with Crippen molar-refractivity contribution in [2.75, 3.05) is 20.8 Å². The summed E-state index contributed by atoms with van der Waals surface area (Å²) < 4.78 is 22.1. The maximum atomic E-state index is 11.6. The van der Waals surface area contributed by atoms with Gasteiger partial charge in [0.15, 0.2) is 11.5 Å². The predicted octanol–water partition coefficient (Wildman–Crippen LogP) is 10.2. The van der Waals surface area contributed by atoms with Crippen molar-refractivity contribution in [2.45, 2.75) is 100 Å². The number of hydrogen-bond acceptors (Lipinski definition) is 10. The number of aromatic hydroxyl groups is 2. The van der Waals surface area contributed by atoms with Crippen molar-refractivity contribution in [1.82, 2.24) is 19.9 Å². The summed E-state index contributed by atoms with van der Waals surface area (Å²) in [6.45, 7) is 18.9. The summed E-state index contributed by atoms with van der Waals surface area (Å²) in [7, 11) is 3.03. The van der Waals surface area contributed by atoms with Crippen LogP contribution in [0.3, 0.4) is 0 Å². The van der Waals surface area contributed by atoms with E-state index in [2.05, 4.69) is 70.1 Å². The molecule has 0 aliphatic rings. The molecule has 4 aromatic rings. The normalized spacial score (nSPS) is 10.9. The van der Waals surface area contributed by atoms with E-state index in [4.69, 9.17) is 14.2 Å². The summed E-state index contributed by atoms with van der Waals surface area (Å²) in [6, 6.07) is 6.91. The minimum Gasteiger partial charge on any atom is -0.505 e. The smallest absolute Gasteiger partial charge is 0.213 e. The number of pyridine rings is 4. The molecule has 0 radical (unpaired) electrons. The molecule has 0 aliphatic carbocycles. The van der Waals surface area contributed by atoms with Crippen LogP contribution in [0.4, 0.5) is 0 Å². The third-order valence-electron chi connectivity index (χ3n) is 8.55. The molecule has 0 unspecified atom stereocenters. The molecular formula is C38H55BrN4O6Sn. The number of methoxy groups -OCH3 is 2. The Labute approximate surface area is 310 Å². The fraction of sp³-hybridized carbons (Fsp3) is 0.500. The summed E-state index contributed by atoms with van der Waals surface area (Å²) >= 11 is 1.04. The standard InChI is InChI=1S/C12H12N2O3.C10H9BrN2O2.C4H7O.3C4H9.Sn/c1-6-12(16)10(7(2)15)11-8(13-6)4-5-9(14-11)17-3;1-5-10(14)8(11)9-6(12-5)3-4-7(13-9)15-2;1-3-5-4-2;3*1-3-4-2;/h4-5,16H,1-3H3;3-4,14H,1-2H3;1,4H2,2H3;3*1,3-4H2,2H3;. The van der Waals surface area contributed by atoms with Gasteiger partial charge in [-0.2, -0.15) is 0 Å². The molecular weight excluding hydrogens is 807 g/mol. The van der Waals surface area contributed by atoms with Crippen molar-refractivity contribution in [3.63, 3.8) is 0 Å². The van der Waals surface area contributed by atoms with Crippen LogP contribution in [0, 0.1) is 13.8 Å². The van der Waals surface area contributed by atoms with E-state index in [9.17, 15) is 15.0 Å². The summed E-state index contributed by atoms with van der Waals surface area (Å²) in [5.74, 6) is 0.617. The van der Waals surface area contributed by atoms with E-state index in [0.717, 1.165) is 12.1 Å². The van der Waals surface area contributed by atoms with Crippen LogP contribution in [0.2, 0.25) is 13.3 Å². The first-order chi connectivity index (χ1) is 23.8. The molecule has 0 atom stereocenters. The SMILES string of the molecule is C=[C](OCC)[Sn]([CH2]CCC)([CH2]CCC)[CH2]CCC.COc1ccc2nc(C)c(O)c(Br)c2n1.COc1ccc2nc(C)c(O)c(C(C)=O)c2n1. The summed E-state index contributed by atoms with van der Waals surface area (Å²) in [4.78, 5) is 28.3. The summed E-state index contributed by atoms with van der Waals surface area (Å²) in [5, 5.41) is 19.5. The van der Waals surface area contributed by atoms with Gasteiger partial charge in [-0.25, -0.2) is 19.9 Å². The number of rotatable bonds is 15. The molecule has 50 heavy (non-hydrogen) atoms. The van der Waals surface area contributed by atoms with E-state index in [1.807, 2.05) is 0 Å². The third-order valence-corrected chi connectivity index (χ3v) is 24.3. The van der Waals surface area contributed by atoms with Gasteiger partial charge in [0.1, 0.15) is 16.8 Å². The maximum Gasteiger partial charge on any atom is 0.213 e. The van der Waals surface area contributed by atoms with Crippen LogP contribution >= 0.6 is 15.9 Å². The Kier molecular flexibility index (Phi) is 18.3. The number of aryl methyl sites for hydroxylation is 2. The number of unbranched alkanes of at least 4 members (excludes halogenated alkanes) is 3. The number of carbonyl (C=O) groups is 1. The van der Waals surface area contributed by atoms with Gasteiger partial charge in [-0.3, -0.25) is 4.79 Å². The topological polar surface area (TPSA) is 137 Å². The first-order valence-electron chi connectivity index (χ1n) is 17.4. The zero-order valence-corrected chi connectivity index (χ0v) is 35.7. The number of carbonyl (C=O) groups excluding carboxylic acids is 1. The molecule has 0 spiro atoms. The number of Topliss-reactive ketones (excluding diaryl/α,β-unsaturated/α-hetero) is 1. The van der Waals surface area contributed by atoms with Crippen molar-refractivity contribution in [3.05, 3.63) is 56.0 Å². The Balaban J connectivity index is 0.000000261. The second kappa shape index (κ2) is 21.2. The van der Waals surface area contributed by atoms with Crippen molar-refractivity contribution in [2.24, 2.45) is 0 Å². The van der Waals surface area contributed by atoms with E-state index in [-0.39, 0.29) is 22.8 Å². The number of nitrogens with zero attached hydrogens (tertiary/aromatic N) is 4. The first-order valence-corrected chi connectivity index (χ1v) is 25.7. The van der Waals surface area contributed by atoms with Gasteiger partial charge in [-0.1, -0.05) is 0 Å². The van der Waals surface area contributed by atoms with Crippen molar-refractivity contribution < 1.29 is 29.2 Å². The summed E-state index contributed by atoms with van der Waals surface area (Å²) in [6.07, 6.45) is 8.10. The molecule has 4 rings (SSSR count). The number of ketones is 1. The van der Waals surface area contributed by atoms with Crippen LogP contribution in [0.15, 0.2) is 39.1 Å². The minimum absolute atomic E-state index is 0.114. The Morgan fingerprint density at radius 2 is 1.20 bits per heavy atom. The summed E-state index contributed by atoms with van der Waals surface area (Å²) in [5.41, 5.74) is 3.41.